The van der Waals surface area contributed by atoms with Crippen molar-refractivity contribution in [1.82, 2.24) is 10.6 Å². The van der Waals surface area contributed by atoms with E-state index >= 15 is 0 Å². The van der Waals surface area contributed by atoms with Crippen LogP contribution in [0.4, 0.5) is 4.39 Å². The Morgan fingerprint density at radius 3 is 2.38 bits per heavy atom. The summed E-state index contributed by atoms with van der Waals surface area (Å²) in [6.07, 6.45) is 1.41. The predicted molar refractivity (Wildman–Crippen MR) is 91.5 cm³/mol. The van der Waals surface area contributed by atoms with Crippen molar-refractivity contribution in [2.24, 2.45) is 5.92 Å². The molecule has 0 heterocycles. The third-order valence-corrected chi connectivity index (χ3v) is 3.16. The Hall–Kier alpha value is -1.21. The van der Waals surface area contributed by atoms with Crippen LogP contribution < -0.4 is 10.6 Å². The molecule has 1 atom stereocenters. The number of nitrogens with one attached hydrogen (secondary N) is 2. The Bertz CT molecular complexity index is 351. The zero-order valence-corrected chi connectivity index (χ0v) is 15.4. The monoisotopic (exact) mass is 348 g/mol. The molecule has 1 unspecified atom stereocenters. The van der Waals surface area contributed by atoms with Crippen LogP contribution in [0.3, 0.4) is 0 Å². The van der Waals surface area contributed by atoms with Gasteiger partial charge in [-0.3, -0.25) is 9.59 Å². The average Bonchev–Trinajstić information content (AvgIpc) is 2.52. The Labute approximate surface area is 144 Å². The van der Waals surface area contributed by atoms with E-state index in [1.165, 1.54) is 0 Å². The summed E-state index contributed by atoms with van der Waals surface area (Å²) in [5.41, 5.74) is 0. The first-order chi connectivity index (χ1) is 11.3. The zero-order chi connectivity index (χ0) is 18.4. The number of hydrogen-bond donors (Lipinski definition) is 2. The number of alkyl halides is 1. The van der Waals surface area contributed by atoms with E-state index in [2.05, 4.69) is 10.6 Å². The second kappa shape index (κ2) is 14.2. The van der Waals surface area contributed by atoms with E-state index in [4.69, 9.17) is 9.47 Å². The van der Waals surface area contributed by atoms with E-state index in [0.29, 0.717) is 13.2 Å². The Balaban J connectivity index is 3.38. The molecule has 0 radical (unpaired) electrons. The van der Waals surface area contributed by atoms with Crippen molar-refractivity contribution in [1.29, 1.82) is 0 Å². The number of ether oxygens (including phenoxy) is 2. The first-order valence-corrected chi connectivity index (χ1v) is 8.70. The van der Waals surface area contributed by atoms with E-state index in [9.17, 15) is 14.0 Å². The molecule has 2 amide bonds. The molecule has 6 nitrogen and oxygen atoms in total. The minimum atomic E-state index is -1.19. The van der Waals surface area contributed by atoms with Crippen LogP contribution in [0.15, 0.2) is 0 Å². The van der Waals surface area contributed by atoms with Gasteiger partial charge in [0.1, 0.15) is 12.8 Å². The van der Waals surface area contributed by atoms with Crippen molar-refractivity contribution in [3.05, 3.63) is 0 Å². The summed E-state index contributed by atoms with van der Waals surface area (Å²) >= 11 is 0. The molecule has 0 bridgehead atoms. The summed E-state index contributed by atoms with van der Waals surface area (Å²) < 4.78 is 23.9. The SMILES string of the molecule is CC(C)OCC(=O)NCCCCCOCC(F)CNC(=O)C(C)C. The predicted octanol–water partition coefficient (Wildman–Crippen LogP) is 1.82. The summed E-state index contributed by atoms with van der Waals surface area (Å²) in [5.74, 6) is -0.405. The smallest absolute Gasteiger partial charge is 0.246 e. The van der Waals surface area contributed by atoms with Gasteiger partial charge in [0, 0.05) is 19.1 Å². The quantitative estimate of drug-likeness (QED) is 0.470. The molecule has 0 aromatic heterocycles. The molecular weight excluding hydrogens is 315 g/mol. The average molecular weight is 348 g/mol. The van der Waals surface area contributed by atoms with E-state index in [1.807, 2.05) is 13.8 Å². The molecule has 0 aliphatic heterocycles. The lowest BCUT2D eigenvalue weighted by Gasteiger charge is -2.12. The maximum atomic E-state index is 13.5. The van der Waals surface area contributed by atoms with Crippen LogP contribution in [0.25, 0.3) is 0 Å². The molecule has 142 valence electrons. The number of halogens is 1. The fourth-order valence-corrected chi connectivity index (χ4v) is 1.71. The highest BCUT2D eigenvalue weighted by molar-refractivity contribution is 5.77. The van der Waals surface area contributed by atoms with Gasteiger partial charge in [0.05, 0.1) is 19.3 Å². The fourth-order valence-electron chi connectivity index (χ4n) is 1.71. The lowest BCUT2D eigenvalue weighted by molar-refractivity contribution is -0.127. The number of carbonyl (C=O) groups is 2. The van der Waals surface area contributed by atoms with Gasteiger partial charge in [-0.15, -0.1) is 0 Å². The Morgan fingerprint density at radius 2 is 1.75 bits per heavy atom. The first-order valence-electron chi connectivity index (χ1n) is 8.70. The normalized spacial score (nSPS) is 12.5. The second-order valence-electron chi connectivity index (χ2n) is 6.34. The van der Waals surface area contributed by atoms with Crippen molar-refractivity contribution >= 4 is 11.8 Å². The molecule has 0 aromatic rings. The first kappa shape index (κ1) is 22.8. The molecule has 24 heavy (non-hydrogen) atoms. The summed E-state index contributed by atoms with van der Waals surface area (Å²) in [7, 11) is 0. The maximum Gasteiger partial charge on any atom is 0.246 e. The molecule has 0 saturated carbocycles. The second-order valence-corrected chi connectivity index (χ2v) is 6.34. The van der Waals surface area contributed by atoms with Gasteiger partial charge >= 0.3 is 0 Å². The van der Waals surface area contributed by atoms with Crippen LogP contribution in [0.5, 0.6) is 0 Å². The summed E-state index contributed by atoms with van der Waals surface area (Å²) in [5, 5.41) is 5.31. The fraction of sp³-hybridized carbons (Fsp3) is 0.882. The van der Waals surface area contributed by atoms with Gasteiger partial charge in [-0.2, -0.15) is 0 Å². The molecule has 0 saturated heterocycles. The standard InChI is InChI=1S/C17H33FN2O4/c1-13(2)17(22)20-10-15(18)11-23-9-7-5-6-8-19-16(21)12-24-14(3)4/h13-15H,5-12H2,1-4H3,(H,19,21)(H,20,22). The summed E-state index contributed by atoms with van der Waals surface area (Å²) in [6, 6.07) is 0. The molecular formula is C17H33FN2O4. The van der Waals surface area contributed by atoms with Gasteiger partial charge in [-0.1, -0.05) is 13.8 Å². The molecule has 0 rings (SSSR count). The third kappa shape index (κ3) is 14.4. The lowest BCUT2D eigenvalue weighted by atomic mass is 10.2. The van der Waals surface area contributed by atoms with E-state index in [1.54, 1.807) is 13.8 Å². The third-order valence-electron chi connectivity index (χ3n) is 3.16. The highest BCUT2D eigenvalue weighted by atomic mass is 19.1. The molecule has 0 aliphatic carbocycles. The van der Waals surface area contributed by atoms with E-state index in [0.717, 1.165) is 19.3 Å². The number of carbonyl (C=O) groups excluding carboxylic acids is 2. The maximum absolute atomic E-state index is 13.5. The molecule has 2 N–H and O–H groups in total. The van der Waals surface area contributed by atoms with Crippen molar-refractivity contribution in [3.63, 3.8) is 0 Å². The van der Waals surface area contributed by atoms with Crippen LogP contribution in [-0.4, -0.2) is 57.0 Å². The van der Waals surface area contributed by atoms with Crippen LogP contribution in [0, 0.1) is 5.92 Å². The molecule has 0 aromatic carbocycles. The highest BCUT2D eigenvalue weighted by Crippen LogP contribution is 1.98. The largest absolute Gasteiger partial charge is 0.378 e. The van der Waals surface area contributed by atoms with Crippen LogP contribution in [0.1, 0.15) is 47.0 Å². The molecule has 0 spiro atoms. The molecule has 7 heteroatoms. The molecule has 0 aliphatic rings. The van der Waals surface area contributed by atoms with E-state index < -0.39 is 6.17 Å². The van der Waals surface area contributed by atoms with Crippen molar-refractivity contribution < 1.29 is 23.5 Å². The van der Waals surface area contributed by atoms with Crippen molar-refractivity contribution in [3.8, 4) is 0 Å². The van der Waals surface area contributed by atoms with Gasteiger partial charge in [0.2, 0.25) is 11.8 Å². The van der Waals surface area contributed by atoms with Gasteiger partial charge in [0.25, 0.3) is 0 Å². The number of amides is 2. The summed E-state index contributed by atoms with van der Waals surface area (Å²) in [4.78, 5) is 22.7. The summed E-state index contributed by atoms with van der Waals surface area (Å²) in [6.45, 7) is 8.43. The highest BCUT2D eigenvalue weighted by Gasteiger charge is 2.11. The van der Waals surface area contributed by atoms with E-state index in [-0.39, 0.29) is 43.6 Å². The lowest BCUT2D eigenvalue weighted by Crippen LogP contribution is -2.34. The topological polar surface area (TPSA) is 76.7 Å². The Morgan fingerprint density at radius 1 is 1.04 bits per heavy atom. The Kier molecular flexibility index (Phi) is 13.4. The number of hydrogen-bond acceptors (Lipinski definition) is 4. The van der Waals surface area contributed by atoms with Gasteiger partial charge in [-0.05, 0) is 33.1 Å². The van der Waals surface area contributed by atoms with Crippen LogP contribution in [-0.2, 0) is 19.1 Å². The minimum Gasteiger partial charge on any atom is -0.378 e. The van der Waals surface area contributed by atoms with Crippen molar-refractivity contribution in [2.75, 3.05) is 32.9 Å². The zero-order valence-electron chi connectivity index (χ0n) is 15.4. The van der Waals surface area contributed by atoms with Crippen LogP contribution >= 0.6 is 0 Å². The number of rotatable bonds is 14. The number of unbranched alkanes of at least 4 members (excludes halogenated alkanes) is 2. The minimum absolute atomic E-state index is 0.0122. The van der Waals surface area contributed by atoms with Gasteiger partial charge in [-0.25, -0.2) is 4.39 Å². The van der Waals surface area contributed by atoms with Crippen LogP contribution in [0.2, 0.25) is 0 Å². The van der Waals surface area contributed by atoms with Gasteiger partial charge < -0.3 is 20.1 Å². The molecule has 0 fully saturated rings. The van der Waals surface area contributed by atoms with Crippen molar-refractivity contribution in [2.45, 2.75) is 59.2 Å². The van der Waals surface area contributed by atoms with Gasteiger partial charge in [0.15, 0.2) is 0 Å².